The van der Waals surface area contributed by atoms with E-state index in [9.17, 15) is 14.4 Å². The van der Waals surface area contributed by atoms with E-state index in [2.05, 4.69) is 38.3 Å². The first-order valence-corrected chi connectivity index (χ1v) is 17.9. The van der Waals surface area contributed by atoms with E-state index in [0.717, 1.165) is 81.3 Å². The molecule has 2 amide bonds. The number of benzene rings is 2. The molecule has 0 aromatic heterocycles. The third kappa shape index (κ3) is 15.0. The van der Waals surface area contributed by atoms with Crippen LogP contribution in [0.15, 0.2) is 60.7 Å². The van der Waals surface area contributed by atoms with Crippen molar-refractivity contribution in [3.05, 3.63) is 77.7 Å². The van der Waals surface area contributed by atoms with Crippen molar-refractivity contribution in [3.8, 4) is 0 Å². The molecule has 0 fully saturated rings. The Labute approximate surface area is 279 Å². The average molecular weight is 634 g/mol. The van der Waals surface area contributed by atoms with Gasteiger partial charge in [0.15, 0.2) is 5.78 Å². The van der Waals surface area contributed by atoms with E-state index in [1.165, 1.54) is 0 Å². The number of ketones is 1. The van der Waals surface area contributed by atoms with Crippen LogP contribution in [-0.2, 0) is 27.4 Å². The zero-order valence-corrected chi connectivity index (χ0v) is 29.5. The summed E-state index contributed by atoms with van der Waals surface area (Å²) in [6.45, 7) is 13.0. The molecule has 0 aliphatic carbocycles. The Bertz CT molecular complexity index is 1100. The summed E-state index contributed by atoms with van der Waals surface area (Å²) in [5.74, 6) is 1.69. The fourth-order valence-electron chi connectivity index (χ4n) is 6.06. The van der Waals surface area contributed by atoms with Gasteiger partial charge in [0.25, 0.3) is 0 Å². The van der Waals surface area contributed by atoms with Gasteiger partial charge in [-0.05, 0) is 54.6 Å². The molecule has 0 aliphatic rings. The SMILES string of the molecule is CCCCC(CC)C[C](CC(CC)CCCC)C(=O)[C@H](Cc1ccccc1)NC(=O)[C@H](CC(C)C)NC(=O)OCc1ccccc1. The molecule has 6 heteroatoms. The van der Waals surface area contributed by atoms with Gasteiger partial charge in [0.05, 0.1) is 6.04 Å². The molecule has 46 heavy (non-hydrogen) atoms. The van der Waals surface area contributed by atoms with Crippen LogP contribution >= 0.6 is 0 Å². The molecule has 0 saturated heterocycles. The lowest BCUT2D eigenvalue weighted by molar-refractivity contribution is -0.128. The van der Waals surface area contributed by atoms with Crippen molar-refractivity contribution in [2.24, 2.45) is 17.8 Å². The number of amides is 2. The van der Waals surface area contributed by atoms with Crippen molar-refractivity contribution < 1.29 is 19.1 Å². The minimum atomic E-state index is -0.821. The van der Waals surface area contributed by atoms with Gasteiger partial charge in [-0.3, -0.25) is 9.59 Å². The number of hydrogen-bond acceptors (Lipinski definition) is 4. The Balaban J connectivity index is 2.32. The Kier molecular flexibility index (Phi) is 19.0. The number of rotatable bonds is 23. The van der Waals surface area contributed by atoms with E-state index in [-0.39, 0.29) is 24.2 Å². The van der Waals surface area contributed by atoms with Gasteiger partial charge in [-0.15, -0.1) is 0 Å². The van der Waals surface area contributed by atoms with Crippen molar-refractivity contribution in [2.75, 3.05) is 0 Å². The maximum Gasteiger partial charge on any atom is 0.408 e. The number of unbranched alkanes of at least 4 members (excludes halogenated alkanes) is 2. The lowest BCUT2D eigenvalue weighted by Gasteiger charge is -2.30. The minimum Gasteiger partial charge on any atom is -0.445 e. The second-order valence-corrected chi connectivity index (χ2v) is 13.3. The van der Waals surface area contributed by atoms with E-state index < -0.39 is 18.2 Å². The molecule has 1 radical (unpaired) electrons. The van der Waals surface area contributed by atoms with Gasteiger partial charge in [0, 0.05) is 5.92 Å². The standard InChI is InChI=1S/C40H61N2O4/c1-7-11-19-31(9-3)26-35(27-32(10-4)20-12-8-2)38(43)36(28-33-21-15-13-16-22-33)41-39(44)37(25-30(5)6)42-40(45)46-29-34-23-17-14-18-24-34/h13-18,21-24,30-32,36-37H,7-12,19-20,25-29H2,1-6H3,(H,41,44)(H,42,45)/t31?,32?,36-,37-/m0/s1. The molecule has 0 saturated carbocycles. The summed E-state index contributed by atoms with van der Waals surface area (Å²) in [6.07, 6.45) is 10.6. The van der Waals surface area contributed by atoms with Crippen LogP contribution in [0.2, 0.25) is 0 Å². The number of nitrogens with one attached hydrogen (secondary N) is 2. The first-order chi connectivity index (χ1) is 22.2. The zero-order chi connectivity index (χ0) is 33.7. The monoisotopic (exact) mass is 633 g/mol. The van der Waals surface area contributed by atoms with E-state index in [1.54, 1.807) is 0 Å². The summed E-state index contributed by atoms with van der Waals surface area (Å²) in [4.78, 5) is 41.3. The van der Waals surface area contributed by atoms with Gasteiger partial charge in [0.1, 0.15) is 12.6 Å². The normalized spacial score (nSPS) is 14.0. The van der Waals surface area contributed by atoms with E-state index in [0.29, 0.717) is 24.7 Å². The molecule has 2 unspecified atom stereocenters. The van der Waals surface area contributed by atoms with Crippen molar-refractivity contribution >= 4 is 17.8 Å². The van der Waals surface area contributed by atoms with Crippen LogP contribution < -0.4 is 10.6 Å². The molecule has 2 aromatic carbocycles. The molecule has 255 valence electrons. The molecule has 6 nitrogen and oxygen atoms in total. The molecular weight excluding hydrogens is 572 g/mol. The highest BCUT2D eigenvalue weighted by Gasteiger charge is 2.34. The average Bonchev–Trinajstić information content (AvgIpc) is 3.06. The van der Waals surface area contributed by atoms with Crippen LogP contribution in [0.4, 0.5) is 4.79 Å². The van der Waals surface area contributed by atoms with Crippen LogP contribution in [0.25, 0.3) is 0 Å². The first-order valence-electron chi connectivity index (χ1n) is 17.9. The Morgan fingerprint density at radius 3 is 1.70 bits per heavy atom. The Morgan fingerprint density at radius 2 is 1.22 bits per heavy atom. The van der Waals surface area contributed by atoms with E-state index in [1.807, 2.05) is 74.5 Å². The fourth-order valence-corrected chi connectivity index (χ4v) is 6.06. The van der Waals surface area contributed by atoms with E-state index >= 15 is 0 Å². The van der Waals surface area contributed by atoms with Crippen LogP contribution in [0.1, 0.15) is 123 Å². The van der Waals surface area contributed by atoms with Crippen LogP contribution in [0, 0.1) is 23.7 Å². The quantitative estimate of drug-likeness (QED) is 0.128. The predicted octanol–water partition coefficient (Wildman–Crippen LogP) is 9.41. The molecule has 0 heterocycles. The molecule has 0 bridgehead atoms. The number of carbonyl (C=O) groups is 3. The second kappa shape index (κ2) is 22.4. The highest BCUT2D eigenvalue weighted by Crippen LogP contribution is 2.32. The minimum absolute atomic E-state index is 0.0389. The first kappa shape index (κ1) is 39.0. The van der Waals surface area contributed by atoms with Crippen LogP contribution in [0.5, 0.6) is 0 Å². The number of hydrogen-bond donors (Lipinski definition) is 2. The summed E-state index contributed by atoms with van der Waals surface area (Å²) >= 11 is 0. The van der Waals surface area contributed by atoms with Crippen molar-refractivity contribution in [1.29, 1.82) is 0 Å². The zero-order valence-electron chi connectivity index (χ0n) is 29.5. The van der Waals surface area contributed by atoms with Crippen molar-refractivity contribution in [1.82, 2.24) is 10.6 Å². The maximum absolute atomic E-state index is 14.6. The van der Waals surface area contributed by atoms with Crippen molar-refractivity contribution in [2.45, 2.75) is 137 Å². The number of Topliss-reactive ketones (excluding diaryl/α,β-unsaturated/α-hetero) is 1. The smallest absolute Gasteiger partial charge is 0.408 e. The lowest BCUT2D eigenvalue weighted by atomic mass is 9.77. The third-order valence-electron chi connectivity index (χ3n) is 8.95. The molecule has 0 spiro atoms. The van der Waals surface area contributed by atoms with Gasteiger partial charge in [-0.2, -0.15) is 0 Å². The Hall–Kier alpha value is -3.15. The summed E-state index contributed by atoms with van der Waals surface area (Å²) in [5, 5.41) is 5.91. The van der Waals surface area contributed by atoms with Gasteiger partial charge >= 0.3 is 6.09 Å². The van der Waals surface area contributed by atoms with Crippen molar-refractivity contribution in [3.63, 3.8) is 0 Å². The molecule has 0 aliphatic heterocycles. The van der Waals surface area contributed by atoms with E-state index in [4.69, 9.17) is 4.74 Å². The number of alkyl carbamates (subject to hydrolysis) is 1. The molecule has 4 atom stereocenters. The largest absolute Gasteiger partial charge is 0.445 e. The highest BCUT2D eigenvalue weighted by molar-refractivity contribution is 5.99. The van der Waals surface area contributed by atoms with Gasteiger partial charge in [-0.25, -0.2) is 4.79 Å². The fraction of sp³-hybridized carbons (Fsp3) is 0.600. The highest BCUT2D eigenvalue weighted by atomic mass is 16.5. The topological polar surface area (TPSA) is 84.5 Å². The summed E-state index contributed by atoms with van der Waals surface area (Å²) in [6, 6.07) is 17.8. The summed E-state index contributed by atoms with van der Waals surface area (Å²) < 4.78 is 5.45. The van der Waals surface area contributed by atoms with Crippen LogP contribution in [0.3, 0.4) is 0 Å². The molecule has 2 rings (SSSR count). The maximum atomic E-state index is 14.6. The van der Waals surface area contributed by atoms with Gasteiger partial charge in [0.2, 0.25) is 5.91 Å². The lowest BCUT2D eigenvalue weighted by Crippen LogP contribution is -2.53. The van der Waals surface area contributed by atoms with Gasteiger partial charge in [-0.1, -0.05) is 154 Å². The third-order valence-corrected chi connectivity index (χ3v) is 8.95. The van der Waals surface area contributed by atoms with Crippen LogP contribution in [-0.4, -0.2) is 29.9 Å². The van der Waals surface area contributed by atoms with Gasteiger partial charge < -0.3 is 15.4 Å². The predicted molar refractivity (Wildman–Crippen MR) is 189 cm³/mol. The molecular formula is C40H61N2O4. The molecule has 2 aromatic rings. The second-order valence-electron chi connectivity index (χ2n) is 13.3. The number of ether oxygens (including phenoxy) is 1. The Morgan fingerprint density at radius 1 is 0.696 bits per heavy atom. The molecule has 2 N–H and O–H groups in total. The summed E-state index contributed by atoms with van der Waals surface area (Å²) in [7, 11) is 0. The number of carbonyl (C=O) groups excluding carboxylic acids is 3. The summed E-state index contributed by atoms with van der Waals surface area (Å²) in [5.41, 5.74) is 1.86.